The van der Waals surface area contributed by atoms with Crippen LogP contribution in [0.3, 0.4) is 0 Å². The third-order valence-electron chi connectivity index (χ3n) is 7.46. The molecular formula is C23H26ClF2NO2. The Balaban J connectivity index is 0.000000192. The lowest BCUT2D eigenvalue weighted by Gasteiger charge is -2.50. The van der Waals surface area contributed by atoms with E-state index in [1.165, 1.54) is 30.4 Å². The van der Waals surface area contributed by atoms with Crippen LogP contribution < -0.4 is 0 Å². The fraction of sp³-hybridized carbons (Fsp3) is 0.522. The van der Waals surface area contributed by atoms with Crippen molar-refractivity contribution in [3.8, 4) is 5.75 Å². The van der Waals surface area contributed by atoms with Crippen LogP contribution in [-0.2, 0) is 6.42 Å². The molecule has 0 spiro atoms. The lowest BCUT2D eigenvalue weighted by atomic mass is 9.55. The summed E-state index contributed by atoms with van der Waals surface area (Å²) in [5.41, 5.74) is 2.99. The quantitative estimate of drug-likeness (QED) is 0.580. The summed E-state index contributed by atoms with van der Waals surface area (Å²) in [5.74, 6) is 0.816. The van der Waals surface area contributed by atoms with E-state index in [1.807, 2.05) is 12.1 Å². The molecule has 2 fully saturated rings. The highest BCUT2D eigenvalue weighted by Crippen LogP contribution is 2.60. The van der Waals surface area contributed by atoms with Gasteiger partial charge in [-0.05, 0) is 85.0 Å². The number of halogens is 3. The predicted octanol–water partition coefficient (Wildman–Crippen LogP) is 5.62. The molecule has 6 heteroatoms. The molecule has 0 unspecified atom stereocenters. The van der Waals surface area contributed by atoms with E-state index in [1.54, 1.807) is 0 Å². The average molecular weight is 422 g/mol. The Bertz CT molecular complexity index is 888. The maximum Gasteiger partial charge on any atom is 0.163 e. The standard InChI is InChI=1S/C18H24O2.C5H2ClF2N/c1-18-9-8-14-13-5-3-12(19)10-11(13)2-4-15(14)16(18)6-7-17(18)20;6-5-3(7)1-9-2-4(5)8/h3,5,10,14-17,19-20H,2,4,6-9H2,1H3;1-2H/t14-,15-,16+,17+,18+;/m1./s1. The second kappa shape index (κ2) is 7.84. The van der Waals surface area contributed by atoms with Gasteiger partial charge in [-0.25, -0.2) is 8.78 Å². The van der Waals surface area contributed by atoms with E-state index < -0.39 is 16.7 Å². The van der Waals surface area contributed by atoms with Gasteiger partial charge >= 0.3 is 0 Å². The molecule has 29 heavy (non-hydrogen) atoms. The summed E-state index contributed by atoms with van der Waals surface area (Å²) < 4.78 is 24.3. The van der Waals surface area contributed by atoms with Crippen LogP contribution in [-0.4, -0.2) is 21.3 Å². The molecule has 1 aromatic carbocycles. The molecule has 3 aliphatic carbocycles. The molecule has 3 aliphatic rings. The van der Waals surface area contributed by atoms with Crippen molar-refractivity contribution in [2.45, 2.75) is 57.5 Å². The van der Waals surface area contributed by atoms with Crippen LogP contribution in [0.1, 0.15) is 56.1 Å². The molecule has 3 nitrogen and oxygen atoms in total. The molecule has 1 heterocycles. The second-order valence-corrected chi connectivity index (χ2v) is 9.23. The first-order chi connectivity index (χ1) is 13.8. The summed E-state index contributed by atoms with van der Waals surface area (Å²) >= 11 is 5.09. The van der Waals surface area contributed by atoms with Gasteiger partial charge in [0.05, 0.1) is 18.5 Å². The molecule has 0 radical (unpaired) electrons. The van der Waals surface area contributed by atoms with Crippen LogP contribution in [0.5, 0.6) is 5.75 Å². The molecule has 0 amide bonds. The van der Waals surface area contributed by atoms with Gasteiger partial charge in [0.15, 0.2) is 11.6 Å². The number of benzene rings is 1. The number of aliphatic hydroxyl groups is 1. The Morgan fingerprint density at radius 2 is 1.83 bits per heavy atom. The molecule has 0 aliphatic heterocycles. The molecule has 2 N–H and O–H groups in total. The molecule has 1 aromatic heterocycles. The zero-order valence-electron chi connectivity index (χ0n) is 16.4. The lowest BCUT2D eigenvalue weighted by molar-refractivity contribution is -0.0226. The van der Waals surface area contributed by atoms with E-state index in [-0.39, 0.29) is 11.5 Å². The number of hydrogen-bond acceptors (Lipinski definition) is 3. The van der Waals surface area contributed by atoms with Gasteiger partial charge in [-0.15, -0.1) is 0 Å². The second-order valence-electron chi connectivity index (χ2n) is 8.85. The number of phenols is 1. The summed E-state index contributed by atoms with van der Waals surface area (Å²) in [6.07, 6.45) is 8.49. The number of rotatable bonds is 0. The van der Waals surface area contributed by atoms with Crippen molar-refractivity contribution >= 4 is 11.6 Å². The zero-order chi connectivity index (χ0) is 20.8. The minimum Gasteiger partial charge on any atom is -0.508 e. The predicted molar refractivity (Wildman–Crippen MR) is 108 cm³/mol. The van der Waals surface area contributed by atoms with Crippen LogP contribution in [0.4, 0.5) is 8.78 Å². The van der Waals surface area contributed by atoms with E-state index in [4.69, 9.17) is 11.6 Å². The number of fused-ring (bicyclic) bond motifs is 5. The number of aryl methyl sites for hydroxylation is 1. The highest BCUT2D eigenvalue weighted by Gasteiger charge is 2.54. The summed E-state index contributed by atoms with van der Waals surface area (Å²) in [5, 5.41) is 19.5. The number of aromatic nitrogens is 1. The molecular weight excluding hydrogens is 396 g/mol. The van der Waals surface area contributed by atoms with Crippen LogP contribution in [0, 0.1) is 28.9 Å². The summed E-state index contributed by atoms with van der Waals surface area (Å²) in [6.45, 7) is 2.32. The van der Waals surface area contributed by atoms with Gasteiger partial charge in [0.25, 0.3) is 0 Å². The van der Waals surface area contributed by atoms with Crippen molar-refractivity contribution in [3.63, 3.8) is 0 Å². The number of nitrogens with zero attached hydrogens (tertiary/aromatic N) is 1. The Morgan fingerprint density at radius 3 is 2.52 bits per heavy atom. The maximum atomic E-state index is 12.1. The minimum atomic E-state index is -0.836. The first-order valence-electron chi connectivity index (χ1n) is 10.3. The summed E-state index contributed by atoms with van der Waals surface area (Å²) in [6, 6.07) is 5.96. The monoisotopic (exact) mass is 421 g/mol. The Labute approximate surface area is 174 Å². The smallest absolute Gasteiger partial charge is 0.163 e. The van der Waals surface area contributed by atoms with E-state index >= 15 is 0 Å². The van der Waals surface area contributed by atoms with Crippen molar-refractivity contribution < 1.29 is 19.0 Å². The van der Waals surface area contributed by atoms with Crippen LogP contribution in [0.2, 0.25) is 5.02 Å². The Kier molecular flexibility index (Phi) is 5.56. The molecule has 5 rings (SSSR count). The molecule has 2 saturated carbocycles. The number of hydrogen-bond donors (Lipinski definition) is 2. The molecule has 0 bridgehead atoms. The molecule has 2 aromatic rings. The topological polar surface area (TPSA) is 53.4 Å². The Hall–Kier alpha value is -1.72. The van der Waals surface area contributed by atoms with Gasteiger partial charge in [-0.2, -0.15) is 0 Å². The fourth-order valence-electron chi connectivity index (χ4n) is 5.94. The largest absolute Gasteiger partial charge is 0.508 e. The van der Waals surface area contributed by atoms with E-state index in [0.29, 0.717) is 17.6 Å². The van der Waals surface area contributed by atoms with Crippen molar-refractivity contribution in [2.75, 3.05) is 0 Å². The third-order valence-corrected chi connectivity index (χ3v) is 7.82. The van der Waals surface area contributed by atoms with Crippen molar-refractivity contribution in [1.82, 2.24) is 4.98 Å². The van der Waals surface area contributed by atoms with Crippen LogP contribution >= 0.6 is 11.6 Å². The van der Waals surface area contributed by atoms with Crippen molar-refractivity contribution in [1.29, 1.82) is 0 Å². The number of aromatic hydroxyl groups is 1. The minimum absolute atomic E-state index is 0.0883. The zero-order valence-corrected chi connectivity index (χ0v) is 17.2. The number of pyridine rings is 1. The maximum absolute atomic E-state index is 12.1. The van der Waals surface area contributed by atoms with Gasteiger partial charge in [0.2, 0.25) is 0 Å². The van der Waals surface area contributed by atoms with Crippen LogP contribution in [0.15, 0.2) is 30.6 Å². The normalized spacial score (nSPS) is 32.4. The SMILES string of the molecule is C[C@]12CC[C@@H]3c4ccc(O)cc4CC[C@H]3[C@@H]1CC[C@@H]2O.Fc1cncc(F)c1Cl. The van der Waals surface area contributed by atoms with Gasteiger partial charge in [0.1, 0.15) is 10.8 Å². The van der Waals surface area contributed by atoms with Crippen molar-refractivity contribution in [3.05, 3.63) is 58.4 Å². The highest BCUT2D eigenvalue weighted by molar-refractivity contribution is 6.30. The first-order valence-corrected chi connectivity index (χ1v) is 10.6. The molecule has 156 valence electrons. The Morgan fingerprint density at radius 1 is 1.10 bits per heavy atom. The van der Waals surface area contributed by atoms with Gasteiger partial charge in [-0.1, -0.05) is 24.6 Å². The number of aliphatic hydroxyl groups excluding tert-OH is 1. The van der Waals surface area contributed by atoms with E-state index in [2.05, 4.69) is 18.0 Å². The molecule has 0 saturated heterocycles. The summed E-state index contributed by atoms with van der Waals surface area (Å²) in [7, 11) is 0. The first kappa shape index (κ1) is 20.5. The van der Waals surface area contributed by atoms with Gasteiger partial charge < -0.3 is 10.2 Å². The van der Waals surface area contributed by atoms with E-state index in [0.717, 1.165) is 37.6 Å². The van der Waals surface area contributed by atoms with Crippen LogP contribution in [0.25, 0.3) is 0 Å². The number of phenolic OH excluding ortho intramolecular Hbond substituents is 1. The summed E-state index contributed by atoms with van der Waals surface area (Å²) in [4.78, 5) is 3.21. The van der Waals surface area contributed by atoms with Gasteiger partial charge in [0, 0.05) is 0 Å². The van der Waals surface area contributed by atoms with E-state index in [9.17, 15) is 19.0 Å². The third kappa shape index (κ3) is 3.64. The highest BCUT2D eigenvalue weighted by atomic mass is 35.5. The van der Waals surface area contributed by atoms with Gasteiger partial charge in [-0.3, -0.25) is 4.98 Å². The fourth-order valence-corrected chi connectivity index (χ4v) is 6.03. The van der Waals surface area contributed by atoms with Crippen molar-refractivity contribution in [2.24, 2.45) is 17.3 Å². The average Bonchev–Trinajstić information content (AvgIpc) is 3.01. The lowest BCUT2D eigenvalue weighted by Crippen LogP contribution is -2.43. The molecule has 5 atom stereocenters.